The molecular formula is C25H32ClN5O2. The highest BCUT2D eigenvalue weighted by molar-refractivity contribution is 6.32. The smallest absolute Gasteiger partial charge is 0.229 e. The van der Waals surface area contributed by atoms with E-state index in [1.807, 2.05) is 43.2 Å². The summed E-state index contributed by atoms with van der Waals surface area (Å²) in [6.45, 7) is 12.9. The van der Waals surface area contributed by atoms with Crippen molar-refractivity contribution in [1.29, 1.82) is 0 Å². The van der Waals surface area contributed by atoms with E-state index in [9.17, 15) is 0 Å². The fourth-order valence-electron chi connectivity index (χ4n) is 3.05. The number of halogens is 1. The molecule has 3 rings (SSSR count). The largest absolute Gasteiger partial charge is 0.495 e. The molecule has 0 fully saturated rings. The van der Waals surface area contributed by atoms with E-state index in [2.05, 4.69) is 53.7 Å². The SMILES string of the molecule is C=C.C=O.COc1ccc(CCN)cc1Nc1ncc(Cl)c(Nc2ccccc2C(C)C)n1. The summed E-state index contributed by atoms with van der Waals surface area (Å²) in [6, 6.07) is 14.0. The molecule has 33 heavy (non-hydrogen) atoms. The van der Waals surface area contributed by atoms with Gasteiger partial charge in [0.25, 0.3) is 0 Å². The van der Waals surface area contributed by atoms with Crippen molar-refractivity contribution in [2.75, 3.05) is 24.3 Å². The monoisotopic (exact) mass is 469 g/mol. The number of carbonyl (C=O) groups excluding carboxylic acids is 1. The number of anilines is 4. The van der Waals surface area contributed by atoms with Crippen LogP contribution in [0.15, 0.2) is 61.8 Å². The van der Waals surface area contributed by atoms with Crippen LogP contribution in [0.4, 0.5) is 23.1 Å². The summed E-state index contributed by atoms with van der Waals surface area (Å²) in [5.74, 6) is 2.02. The van der Waals surface area contributed by atoms with Crippen LogP contribution in [-0.2, 0) is 11.2 Å². The van der Waals surface area contributed by atoms with Crippen LogP contribution >= 0.6 is 11.6 Å². The van der Waals surface area contributed by atoms with E-state index in [1.165, 1.54) is 5.56 Å². The summed E-state index contributed by atoms with van der Waals surface area (Å²) in [6.07, 6.45) is 2.35. The molecule has 0 saturated carbocycles. The van der Waals surface area contributed by atoms with E-state index >= 15 is 0 Å². The van der Waals surface area contributed by atoms with Crippen LogP contribution in [0.2, 0.25) is 5.02 Å². The van der Waals surface area contributed by atoms with Crippen LogP contribution in [0, 0.1) is 0 Å². The molecule has 0 radical (unpaired) electrons. The molecule has 8 heteroatoms. The number of aromatic nitrogens is 2. The molecule has 176 valence electrons. The number of hydrogen-bond donors (Lipinski definition) is 3. The lowest BCUT2D eigenvalue weighted by molar-refractivity contribution is -0.0979. The fraction of sp³-hybridized carbons (Fsp3) is 0.240. The molecule has 1 aromatic heterocycles. The third-order valence-corrected chi connectivity index (χ3v) is 4.80. The number of carbonyl (C=O) groups is 1. The quantitative estimate of drug-likeness (QED) is 0.354. The lowest BCUT2D eigenvalue weighted by Crippen LogP contribution is -2.06. The number of benzene rings is 2. The molecule has 0 amide bonds. The Morgan fingerprint density at radius 3 is 2.42 bits per heavy atom. The maximum atomic E-state index is 8.00. The number of para-hydroxylation sites is 1. The van der Waals surface area contributed by atoms with Crippen molar-refractivity contribution in [1.82, 2.24) is 9.97 Å². The number of nitrogens with one attached hydrogen (secondary N) is 2. The van der Waals surface area contributed by atoms with Crippen molar-refractivity contribution >= 4 is 41.5 Å². The third-order valence-electron chi connectivity index (χ3n) is 4.52. The summed E-state index contributed by atoms with van der Waals surface area (Å²) in [4.78, 5) is 16.9. The van der Waals surface area contributed by atoms with Gasteiger partial charge in [0.15, 0.2) is 5.82 Å². The first-order chi connectivity index (χ1) is 16.0. The van der Waals surface area contributed by atoms with Crippen molar-refractivity contribution in [3.63, 3.8) is 0 Å². The Balaban J connectivity index is 0.00000129. The van der Waals surface area contributed by atoms with E-state index in [0.29, 0.717) is 35.0 Å². The Bertz CT molecular complexity index is 1010. The predicted molar refractivity (Wildman–Crippen MR) is 138 cm³/mol. The first-order valence-corrected chi connectivity index (χ1v) is 10.7. The lowest BCUT2D eigenvalue weighted by atomic mass is 10.0. The predicted octanol–water partition coefficient (Wildman–Crippen LogP) is 5.87. The molecule has 0 aliphatic carbocycles. The van der Waals surface area contributed by atoms with Gasteiger partial charge in [-0.15, -0.1) is 13.2 Å². The molecule has 0 aliphatic heterocycles. The van der Waals surface area contributed by atoms with Crippen LogP contribution in [0.3, 0.4) is 0 Å². The van der Waals surface area contributed by atoms with Crippen molar-refractivity contribution in [2.45, 2.75) is 26.2 Å². The van der Waals surface area contributed by atoms with Gasteiger partial charge in [0.05, 0.1) is 19.0 Å². The highest BCUT2D eigenvalue weighted by Crippen LogP contribution is 2.31. The van der Waals surface area contributed by atoms with Gasteiger partial charge in [0.1, 0.15) is 17.6 Å². The molecule has 0 unspecified atom stereocenters. The van der Waals surface area contributed by atoms with Crippen LogP contribution in [-0.4, -0.2) is 30.4 Å². The summed E-state index contributed by atoms with van der Waals surface area (Å²) in [5.41, 5.74) is 9.71. The van der Waals surface area contributed by atoms with Gasteiger partial charge in [-0.25, -0.2) is 4.98 Å². The van der Waals surface area contributed by atoms with Crippen LogP contribution in [0.25, 0.3) is 0 Å². The zero-order valence-corrected chi connectivity index (χ0v) is 20.2. The fourth-order valence-corrected chi connectivity index (χ4v) is 3.19. The first kappa shape index (κ1) is 27.6. The van der Waals surface area contributed by atoms with Gasteiger partial charge in [-0.05, 0) is 48.2 Å². The summed E-state index contributed by atoms with van der Waals surface area (Å²) < 4.78 is 5.45. The molecule has 1 heterocycles. The van der Waals surface area contributed by atoms with Gasteiger partial charge in [-0.1, -0.05) is 49.7 Å². The van der Waals surface area contributed by atoms with E-state index < -0.39 is 0 Å². The minimum Gasteiger partial charge on any atom is -0.495 e. The van der Waals surface area contributed by atoms with Gasteiger partial charge in [-0.3, -0.25) is 0 Å². The van der Waals surface area contributed by atoms with Gasteiger partial charge in [0, 0.05) is 5.69 Å². The molecule has 3 aromatic rings. The maximum absolute atomic E-state index is 8.00. The normalized spacial score (nSPS) is 9.76. The average molecular weight is 470 g/mol. The second kappa shape index (κ2) is 14.6. The third kappa shape index (κ3) is 7.89. The standard InChI is InChI=1S/C22H26ClN5O.C2H4.CH2O/c1-14(2)16-6-4-5-7-18(16)26-21-17(23)13-25-22(28-21)27-19-12-15(10-11-24)8-9-20(19)29-3;2*1-2/h4-9,12-14H,10-11,24H2,1-3H3,(H2,25,26,27,28);1-2H2;1H2. The van der Waals surface area contributed by atoms with Gasteiger partial charge < -0.3 is 25.9 Å². The van der Waals surface area contributed by atoms with E-state index in [4.69, 9.17) is 26.9 Å². The number of hydrogen-bond acceptors (Lipinski definition) is 7. The van der Waals surface area contributed by atoms with Crippen molar-refractivity contribution < 1.29 is 9.53 Å². The maximum Gasteiger partial charge on any atom is 0.229 e. The van der Waals surface area contributed by atoms with E-state index in [1.54, 1.807) is 13.3 Å². The van der Waals surface area contributed by atoms with Gasteiger partial charge in [-0.2, -0.15) is 4.98 Å². The summed E-state index contributed by atoms with van der Waals surface area (Å²) in [7, 11) is 1.63. The minimum absolute atomic E-state index is 0.367. The van der Waals surface area contributed by atoms with E-state index in [-0.39, 0.29) is 0 Å². The summed E-state index contributed by atoms with van der Waals surface area (Å²) >= 11 is 6.35. The first-order valence-electron chi connectivity index (χ1n) is 10.3. The molecule has 0 bridgehead atoms. The number of rotatable bonds is 8. The van der Waals surface area contributed by atoms with Crippen LogP contribution in [0.1, 0.15) is 30.9 Å². The highest BCUT2D eigenvalue weighted by Gasteiger charge is 2.12. The van der Waals surface area contributed by atoms with Crippen molar-refractivity contribution in [3.05, 3.63) is 78.0 Å². The molecule has 2 aromatic carbocycles. The molecule has 4 N–H and O–H groups in total. The summed E-state index contributed by atoms with van der Waals surface area (Å²) in [5, 5.41) is 7.01. The Kier molecular flexibility index (Phi) is 12.2. The van der Waals surface area contributed by atoms with Crippen molar-refractivity contribution in [3.8, 4) is 5.75 Å². The number of nitrogens with two attached hydrogens (primary N) is 1. The number of methoxy groups -OCH3 is 1. The Labute approximate surface area is 201 Å². The van der Waals surface area contributed by atoms with Gasteiger partial charge in [0.2, 0.25) is 5.95 Å². The zero-order valence-electron chi connectivity index (χ0n) is 19.4. The number of ether oxygens (including phenoxy) is 1. The van der Waals surface area contributed by atoms with Crippen molar-refractivity contribution in [2.24, 2.45) is 5.73 Å². The van der Waals surface area contributed by atoms with E-state index in [0.717, 1.165) is 23.4 Å². The topological polar surface area (TPSA) is 102 Å². The molecule has 0 aliphatic rings. The Morgan fingerprint density at radius 1 is 1.09 bits per heavy atom. The lowest BCUT2D eigenvalue weighted by Gasteiger charge is -2.16. The molecule has 0 saturated heterocycles. The molecule has 0 atom stereocenters. The second-order valence-electron chi connectivity index (χ2n) is 6.96. The van der Waals surface area contributed by atoms with Crippen LogP contribution in [0.5, 0.6) is 5.75 Å². The average Bonchev–Trinajstić information content (AvgIpc) is 2.84. The minimum atomic E-state index is 0.367. The van der Waals surface area contributed by atoms with Crippen LogP contribution < -0.4 is 21.1 Å². The molecule has 7 nitrogen and oxygen atoms in total. The Hall–Kier alpha value is -3.42. The molecule has 0 spiro atoms. The zero-order chi connectivity index (χ0) is 24.8. The highest BCUT2D eigenvalue weighted by atomic mass is 35.5. The molecular weight excluding hydrogens is 438 g/mol. The second-order valence-corrected chi connectivity index (χ2v) is 7.36. The Morgan fingerprint density at radius 2 is 1.79 bits per heavy atom. The number of nitrogens with zero attached hydrogens (tertiary/aromatic N) is 2. The van der Waals surface area contributed by atoms with Gasteiger partial charge >= 0.3 is 0 Å².